The Hall–Kier alpha value is -0.720. The summed E-state index contributed by atoms with van der Waals surface area (Å²) in [4.78, 5) is 0. The average Bonchev–Trinajstić information content (AvgIpc) is 2.26. The fourth-order valence-electron chi connectivity index (χ4n) is 0.905. The number of alkyl halides is 9. The van der Waals surface area contributed by atoms with Gasteiger partial charge in [0.15, 0.2) is 0 Å². The molecule has 0 fully saturated rings. The zero-order valence-corrected chi connectivity index (χ0v) is 11.0. The maximum atomic E-state index is 13.0. The van der Waals surface area contributed by atoms with E-state index in [4.69, 9.17) is 0 Å². The van der Waals surface area contributed by atoms with Crippen LogP contribution in [0.15, 0.2) is 0 Å². The van der Waals surface area contributed by atoms with Gasteiger partial charge in [0.1, 0.15) is 0 Å². The van der Waals surface area contributed by atoms with Crippen molar-refractivity contribution in [1.82, 2.24) is 0 Å². The van der Waals surface area contributed by atoms with Crippen molar-refractivity contribution in [2.75, 3.05) is 6.61 Å². The van der Waals surface area contributed by atoms with E-state index in [1.807, 2.05) is 0 Å². The molecule has 0 saturated carbocycles. The topological polar surface area (TPSA) is 43.4 Å². The Morgan fingerprint density at radius 2 is 1.29 bits per heavy atom. The van der Waals surface area contributed by atoms with Crippen LogP contribution in [0.2, 0.25) is 0 Å². The molecule has 0 N–H and O–H groups in total. The van der Waals surface area contributed by atoms with Crippen LogP contribution in [-0.4, -0.2) is 38.3 Å². The molecule has 3 nitrogen and oxygen atoms in total. The van der Waals surface area contributed by atoms with Gasteiger partial charge in [-0.3, -0.25) is 4.18 Å². The normalized spacial score (nSPS) is 15.3. The number of rotatable bonds is 7. The molecule has 0 aliphatic rings. The van der Waals surface area contributed by atoms with Gasteiger partial charge in [-0.25, -0.2) is 0 Å². The van der Waals surface area contributed by atoms with Crippen LogP contribution in [0.25, 0.3) is 0 Å². The van der Waals surface area contributed by atoms with Crippen molar-refractivity contribution in [3.05, 3.63) is 0 Å². The monoisotopic (exact) mass is 356 g/mol. The molecule has 0 unspecified atom stereocenters. The summed E-state index contributed by atoms with van der Waals surface area (Å²) in [5.74, 6) is -14.5. The van der Waals surface area contributed by atoms with Gasteiger partial charge in [-0.2, -0.15) is 47.9 Å². The minimum absolute atomic E-state index is 0.163. The van der Waals surface area contributed by atoms with Crippen molar-refractivity contribution in [3.63, 3.8) is 0 Å². The molecule has 0 heterocycles. The van der Waals surface area contributed by atoms with Crippen molar-refractivity contribution < 1.29 is 52.1 Å². The molecule has 0 radical (unpaired) electrons. The maximum absolute atomic E-state index is 13.0. The van der Waals surface area contributed by atoms with E-state index in [0.29, 0.717) is 0 Å². The van der Waals surface area contributed by atoms with Gasteiger partial charge in [0.05, 0.1) is 6.61 Å². The lowest BCUT2D eigenvalue weighted by atomic mass is 10.1. The van der Waals surface area contributed by atoms with Crippen molar-refractivity contribution >= 4 is 10.1 Å². The van der Waals surface area contributed by atoms with Crippen LogP contribution in [0.1, 0.15) is 19.8 Å². The van der Waals surface area contributed by atoms with E-state index >= 15 is 0 Å². The van der Waals surface area contributed by atoms with E-state index in [-0.39, 0.29) is 12.8 Å². The van der Waals surface area contributed by atoms with Crippen LogP contribution < -0.4 is 0 Å². The Morgan fingerprint density at radius 3 is 1.62 bits per heavy atom. The highest BCUT2D eigenvalue weighted by Gasteiger charge is 2.85. The van der Waals surface area contributed by atoms with Crippen LogP contribution in [0.3, 0.4) is 0 Å². The largest absolute Gasteiger partial charge is 0.460 e. The van der Waals surface area contributed by atoms with Gasteiger partial charge in [0, 0.05) is 0 Å². The molecule has 0 amide bonds. The molecule has 128 valence electrons. The Labute approximate surface area is 113 Å². The number of halogens is 9. The van der Waals surface area contributed by atoms with E-state index < -0.39 is 40.0 Å². The summed E-state index contributed by atoms with van der Waals surface area (Å²) in [6.45, 7) is 0.350. The molecule has 0 rings (SSSR count). The number of hydrogen-bond donors (Lipinski definition) is 0. The first-order chi connectivity index (χ1) is 9.06. The van der Waals surface area contributed by atoms with E-state index in [0.717, 1.165) is 0 Å². The predicted molar refractivity (Wildman–Crippen MR) is 50.7 cm³/mol. The third-order valence-electron chi connectivity index (χ3n) is 2.17. The van der Waals surface area contributed by atoms with E-state index in [1.54, 1.807) is 0 Å². The van der Waals surface area contributed by atoms with Crippen molar-refractivity contribution in [3.8, 4) is 0 Å². The molecule has 0 aliphatic heterocycles. The predicted octanol–water partition coefficient (Wildman–Crippen LogP) is 3.56. The second kappa shape index (κ2) is 5.82. The SMILES string of the molecule is CCCCOS(=O)(=O)C(F)(F)C(F)(F)C(F)(F)C(F)(F)F. The zero-order chi connectivity index (χ0) is 17.3. The second-order valence-corrected chi connectivity index (χ2v) is 5.45. The fraction of sp³-hybridized carbons (Fsp3) is 1.00. The summed E-state index contributed by atoms with van der Waals surface area (Å²) in [6.07, 6.45) is -7.15. The van der Waals surface area contributed by atoms with Crippen LogP contribution in [-0.2, 0) is 14.3 Å². The summed E-state index contributed by atoms with van der Waals surface area (Å²) in [7, 11) is -6.70. The van der Waals surface area contributed by atoms with Crippen molar-refractivity contribution in [2.45, 2.75) is 43.0 Å². The lowest BCUT2D eigenvalue weighted by Gasteiger charge is -2.32. The third-order valence-corrected chi connectivity index (χ3v) is 3.53. The third kappa shape index (κ3) is 3.38. The van der Waals surface area contributed by atoms with Crippen molar-refractivity contribution in [1.29, 1.82) is 0 Å². The molecular formula is C8H9F9O3S. The van der Waals surface area contributed by atoms with E-state index in [1.165, 1.54) is 6.92 Å². The molecular weight excluding hydrogens is 347 g/mol. The highest BCUT2D eigenvalue weighted by atomic mass is 32.2. The van der Waals surface area contributed by atoms with Gasteiger partial charge in [-0.1, -0.05) is 13.3 Å². The van der Waals surface area contributed by atoms with Gasteiger partial charge in [0.25, 0.3) is 0 Å². The summed E-state index contributed by atoms with van der Waals surface area (Å²) in [5, 5.41) is -6.77. The lowest BCUT2D eigenvalue weighted by Crippen LogP contribution is -2.63. The van der Waals surface area contributed by atoms with Crippen LogP contribution in [0.4, 0.5) is 39.5 Å². The summed E-state index contributed by atoms with van der Waals surface area (Å²) in [5.41, 5.74) is 0. The fourth-order valence-corrected chi connectivity index (χ4v) is 1.83. The van der Waals surface area contributed by atoms with Crippen LogP contribution in [0, 0.1) is 0 Å². The first kappa shape index (κ1) is 20.3. The van der Waals surface area contributed by atoms with Crippen LogP contribution >= 0.6 is 0 Å². The molecule has 0 spiro atoms. The molecule has 0 bridgehead atoms. The molecule has 0 aliphatic carbocycles. The standard InChI is InChI=1S/C8H9F9O3S/c1-2-3-4-20-21(18,19)8(16,17)6(11,12)5(9,10)7(13,14)15/h2-4H2,1H3. The Morgan fingerprint density at radius 1 is 0.857 bits per heavy atom. The molecule has 0 aromatic carbocycles. The quantitative estimate of drug-likeness (QED) is 0.398. The molecule has 0 aromatic rings. The Kier molecular flexibility index (Phi) is 5.62. The van der Waals surface area contributed by atoms with Crippen LogP contribution in [0.5, 0.6) is 0 Å². The summed E-state index contributed by atoms with van der Waals surface area (Å²) >= 11 is 0. The highest BCUT2D eigenvalue weighted by molar-refractivity contribution is 7.87. The molecule has 21 heavy (non-hydrogen) atoms. The lowest BCUT2D eigenvalue weighted by molar-refractivity contribution is -0.382. The maximum Gasteiger partial charge on any atom is 0.460 e. The molecule has 13 heteroatoms. The van der Waals surface area contributed by atoms with Gasteiger partial charge < -0.3 is 0 Å². The first-order valence-electron chi connectivity index (χ1n) is 5.15. The first-order valence-corrected chi connectivity index (χ1v) is 6.56. The zero-order valence-electron chi connectivity index (χ0n) is 10.2. The molecule has 0 aromatic heterocycles. The van der Waals surface area contributed by atoms with E-state index in [2.05, 4.69) is 4.18 Å². The minimum Gasteiger partial charge on any atom is -0.265 e. The van der Waals surface area contributed by atoms with Crippen molar-refractivity contribution in [2.24, 2.45) is 0 Å². The van der Waals surface area contributed by atoms with Gasteiger partial charge in [0.2, 0.25) is 0 Å². The van der Waals surface area contributed by atoms with Gasteiger partial charge >= 0.3 is 33.4 Å². The van der Waals surface area contributed by atoms with E-state index in [9.17, 15) is 47.9 Å². The smallest absolute Gasteiger partial charge is 0.265 e. The summed E-state index contributed by atoms with van der Waals surface area (Å²) in [6, 6.07) is 0. The number of unbranched alkanes of at least 4 members (excludes halogenated alkanes) is 1. The Bertz CT molecular complexity index is 454. The second-order valence-electron chi connectivity index (χ2n) is 3.79. The average molecular weight is 356 g/mol. The highest BCUT2D eigenvalue weighted by Crippen LogP contribution is 2.54. The number of hydrogen-bond acceptors (Lipinski definition) is 3. The molecule has 0 atom stereocenters. The van der Waals surface area contributed by atoms with Gasteiger partial charge in [-0.05, 0) is 6.42 Å². The Balaban J connectivity index is 5.67. The summed E-state index contributed by atoms with van der Waals surface area (Å²) < 4.78 is 137. The van der Waals surface area contributed by atoms with Gasteiger partial charge in [-0.15, -0.1) is 0 Å². The molecule has 0 saturated heterocycles. The minimum atomic E-state index is -7.27.